The van der Waals surface area contributed by atoms with Crippen molar-refractivity contribution >= 4 is 5.97 Å². The molecule has 16 heavy (non-hydrogen) atoms. The first-order chi connectivity index (χ1) is 7.46. The summed E-state index contributed by atoms with van der Waals surface area (Å²) in [7, 11) is 1.22. The van der Waals surface area contributed by atoms with E-state index in [1.807, 2.05) is 6.92 Å². The zero-order valence-corrected chi connectivity index (χ0v) is 9.63. The molecule has 0 amide bonds. The van der Waals surface area contributed by atoms with Crippen molar-refractivity contribution in [1.82, 2.24) is 5.32 Å². The fraction of sp³-hybridized carbons (Fsp3) is 0.900. The molecule has 1 atom stereocenters. The van der Waals surface area contributed by atoms with Crippen LogP contribution in [0.15, 0.2) is 0 Å². The summed E-state index contributed by atoms with van der Waals surface area (Å²) in [4.78, 5) is 11.2. The fourth-order valence-electron chi connectivity index (χ4n) is 1.18. The topological polar surface area (TPSA) is 58.6 Å². The van der Waals surface area contributed by atoms with Crippen LogP contribution >= 0.6 is 0 Å². The number of unbranched alkanes of at least 4 members (excludes halogenated alkanes) is 1. The Morgan fingerprint density at radius 1 is 1.56 bits per heavy atom. The summed E-state index contributed by atoms with van der Waals surface area (Å²) >= 11 is 0. The molecular weight excluding hydrogens is 220 g/mol. The number of halogens is 2. The molecule has 0 bridgehead atoms. The van der Waals surface area contributed by atoms with Crippen molar-refractivity contribution in [2.45, 2.75) is 38.2 Å². The Bertz CT molecular complexity index is 212. The van der Waals surface area contributed by atoms with Crippen molar-refractivity contribution in [3.05, 3.63) is 0 Å². The zero-order chi connectivity index (χ0) is 12.6. The average Bonchev–Trinajstić information content (AvgIpc) is 2.28. The van der Waals surface area contributed by atoms with Gasteiger partial charge in [0, 0.05) is 0 Å². The van der Waals surface area contributed by atoms with Crippen molar-refractivity contribution in [3.8, 4) is 0 Å². The summed E-state index contributed by atoms with van der Waals surface area (Å²) in [6.45, 7) is -0.0225. The summed E-state index contributed by atoms with van der Waals surface area (Å²) in [6.07, 6.45) is 2.06. The molecular formula is C10H19F2NO3. The quantitative estimate of drug-likeness (QED) is 0.619. The van der Waals surface area contributed by atoms with E-state index < -0.39 is 31.1 Å². The fourth-order valence-corrected chi connectivity index (χ4v) is 1.18. The summed E-state index contributed by atoms with van der Waals surface area (Å²) in [5.74, 6) is -3.76. The Balaban J connectivity index is 4.15. The molecule has 0 rings (SSSR count). The number of aliphatic hydroxyl groups is 1. The molecule has 0 aliphatic carbocycles. The van der Waals surface area contributed by atoms with Gasteiger partial charge in [-0.3, -0.25) is 10.1 Å². The lowest BCUT2D eigenvalue weighted by Gasteiger charge is -2.19. The Labute approximate surface area is 94.0 Å². The highest BCUT2D eigenvalue weighted by molar-refractivity contribution is 5.75. The predicted molar refractivity (Wildman–Crippen MR) is 55.4 cm³/mol. The van der Waals surface area contributed by atoms with E-state index in [4.69, 9.17) is 5.11 Å². The number of alkyl halides is 2. The van der Waals surface area contributed by atoms with Gasteiger partial charge in [-0.2, -0.15) is 0 Å². The van der Waals surface area contributed by atoms with Crippen LogP contribution in [-0.2, 0) is 9.53 Å². The van der Waals surface area contributed by atoms with E-state index in [0.717, 1.165) is 12.8 Å². The number of carbonyl (C=O) groups is 1. The number of aliphatic hydroxyl groups excluding tert-OH is 1. The van der Waals surface area contributed by atoms with E-state index in [1.165, 1.54) is 7.11 Å². The van der Waals surface area contributed by atoms with E-state index in [0.29, 0.717) is 6.42 Å². The SMILES string of the molecule is CCCCC(NCC(F)(F)CO)C(=O)OC. The third-order valence-corrected chi connectivity index (χ3v) is 2.17. The van der Waals surface area contributed by atoms with Gasteiger partial charge in [-0.15, -0.1) is 0 Å². The molecule has 0 aromatic heterocycles. The van der Waals surface area contributed by atoms with Crippen molar-refractivity contribution < 1.29 is 23.4 Å². The minimum absolute atomic E-state index is 0.449. The van der Waals surface area contributed by atoms with Gasteiger partial charge in [-0.05, 0) is 6.42 Å². The van der Waals surface area contributed by atoms with Gasteiger partial charge < -0.3 is 9.84 Å². The van der Waals surface area contributed by atoms with Gasteiger partial charge in [0.1, 0.15) is 12.6 Å². The van der Waals surface area contributed by atoms with Crippen LogP contribution in [0.5, 0.6) is 0 Å². The van der Waals surface area contributed by atoms with E-state index in [1.54, 1.807) is 0 Å². The first-order valence-corrected chi connectivity index (χ1v) is 5.26. The van der Waals surface area contributed by atoms with Gasteiger partial charge in [-0.25, -0.2) is 8.78 Å². The zero-order valence-electron chi connectivity index (χ0n) is 9.63. The summed E-state index contributed by atoms with van der Waals surface area (Å²) in [5.41, 5.74) is 0. The van der Waals surface area contributed by atoms with Crippen LogP contribution in [0.1, 0.15) is 26.2 Å². The van der Waals surface area contributed by atoms with Gasteiger partial charge >= 0.3 is 5.97 Å². The first-order valence-electron chi connectivity index (χ1n) is 5.26. The third-order valence-electron chi connectivity index (χ3n) is 2.17. The molecule has 0 heterocycles. The lowest BCUT2D eigenvalue weighted by atomic mass is 10.1. The van der Waals surface area contributed by atoms with Crippen molar-refractivity contribution in [1.29, 1.82) is 0 Å². The predicted octanol–water partition coefficient (Wildman–Crippen LogP) is 0.935. The Morgan fingerprint density at radius 3 is 2.62 bits per heavy atom. The highest BCUT2D eigenvalue weighted by Gasteiger charge is 2.30. The Hall–Kier alpha value is -0.750. The lowest BCUT2D eigenvalue weighted by Crippen LogP contribution is -2.45. The normalized spacial score (nSPS) is 13.6. The number of ether oxygens (including phenoxy) is 1. The number of carbonyl (C=O) groups excluding carboxylic acids is 1. The van der Waals surface area contributed by atoms with Crippen LogP contribution in [-0.4, -0.2) is 43.3 Å². The molecule has 0 fully saturated rings. The molecule has 6 heteroatoms. The van der Waals surface area contributed by atoms with E-state index in [2.05, 4.69) is 10.1 Å². The van der Waals surface area contributed by atoms with Crippen LogP contribution in [0.25, 0.3) is 0 Å². The van der Waals surface area contributed by atoms with Crippen LogP contribution < -0.4 is 5.32 Å². The lowest BCUT2D eigenvalue weighted by molar-refractivity contribution is -0.144. The van der Waals surface area contributed by atoms with Gasteiger partial charge in [0.05, 0.1) is 13.7 Å². The number of methoxy groups -OCH3 is 1. The summed E-state index contributed by atoms with van der Waals surface area (Å²) in [5, 5.41) is 10.8. The van der Waals surface area contributed by atoms with Crippen molar-refractivity contribution in [2.24, 2.45) is 0 Å². The second kappa shape index (κ2) is 7.51. The second-order valence-corrected chi connectivity index (χ2v) is 3.61. The van der Waals surface area contributed by atoms with E-state index >= 15 is 0 Å². The molecule has 1 unspecified atom stereocenters. The minimum Gasteiger partial charge on any atom is -0.468 e. The maximum atomic E-state index is 12.7. The van der Waals surface area contributed by atoms with Crippen LogP contribution in [0, 0.1) is 0 Å². The number of rotatable bonds is 8. The van der Waals surface area contributed by atoms with Crippen LogP contribution in [0.3, 0.4) is 0 Å². The highest BCUT2D eigenvalue weighted by Crippen LogP contribution is 2.11. The second-order valence-electron chi connectivity index (χ2n) is 3.61. The highest BCUT2D eigenvalue weighted by atomic mass is 19.3. The van der Waals surface area contributed by atoms with Crippen molar-refractivity contribution in [2.75, 3.05) is 20.3 Å². The van der Waals surface area contributed by atoms with Crippen LogP contribution in [0.4, 0.5) is 8.78 Å². The van der Waals surface area contributed by atoms with E-state index in [-0.39, 0.29) is 0 Å². The van der Waals surface area contributed by atoms with Crippen LogP contribution in [0.2, 0.25) is 0 Å². The number of hydrogen-bond acceptors (Lipinski definition) is 4. The summed E-state index contributed by atoms with van der Waals surface area (Å²) < 4.78 is 30.0. The smallest absolute Gasteiger partial charge is 0.322 e. The third kappa shape index (κ3) is 5.97. The monoisotopic (exact) mass is 239 g/mol. The van der Waals surface area contributed by atoms with Gasteiger partial charge in [0.15, 0.2) is 0 Å². The average molecular weight is 239 g/mol. The number of hydrogen-bond donors (Lipinski definition) is 2. The molecule has 96 valence electrons. The molecule has 0 saturated carbocycles. The standard InChI is InChI=1S/C10H19F2NO3/c1-3-4-5-8(9(15)16-2)13-6-10(11,12)7-14/h8,13-14H,3-7H2,1-2H3. The molecule has 4 nitrogen and oxygen atoms in total. The molecule has 0 saturated heterocycles. The number of nitrogens with one attached hydrogen (secondary N) is 1. The first kappa shape index (κ1) is 15.2. The van der Waals surface area contributed by atoms with Gasteiger partial charge in [-0.1, -0.05) is 19.8 Å². The maximum absolute atomic E-state index is 12.7. The largest absolute Gasteiger partial charge is 0.468 e. The molecule has 0 radical (unpaired) electrons. The van der Waals surface area contributed by atoms with Crippen molar-refractivity contribution in [3.63, 3.8) is 0 Å². The number of esters is 1. The maximum Gasteiger partial charge on any atom is 0.322 e. The molecule has 0 spiro atoms. The molecule has 2 N–H and O–H groups in total. The van der Waals surface area contributed by atoms with E-state index in [9.17, 15) is 13.6 Å². The molecule has 0 aromatic rings. The van der Waals surface area contributed by atoms with Gasteiger partial charge in [0.25, 0.3) is 5.92 Å². The summed E-state index contributed by atoms with van der Waals surface area (Å²) in [6, 6.07) is -0.734. The van der Waals surface area contributed by atoms with Gasteiger partial charge in [0.2, 0.25) is 0 Å². The minimum atomic E-state index is -3.21. The Kier molecular flexibility index (Phi) is 7.16. The molecule has 0 aliphatic heterocycles. The molecule has 0 aromatic carbocycles. The Morgan fingerprint density at radius 2 is 2.19 bits per heavy atom. The molecule has 0 aliphatic rings.